The van der Waals surface area contributed by atoms with Crippen LogP contribution < -0.4 is 9.46 Å². The van der Waals surface area contributed by atoms with Crippen LogP contribution in [-0.2, 0) is 16.4 Å². The monoisotopic (exact) mass is 505 g/mol. The van der Waals surface area contributed by atoms with E-state index in [4.69, 9.17) is 9.26 Å². The molecule has 3 aromatic carbocycles. The van der Waals surface area contributed by atoms with Gasteiger partial charge in [0.05, 0.1) is 10.9 Å². The lowest BCUT2D eigenvalue weighted by molar-refractivity contribution is -0.0602. The first-order chi connectivity index (χ1) is 17.2. The van der Waals surface area contributed by atoms with Crippen molar-refractivity contribution in [2.45, 2.75) is 49.8 Å². The highest BCUT2D eigenvalue weighted by molar-refractivity contribution is 7.89. The van der Waals surface area contributed by atoms with Gasteiger partial charge < -0.3 is 14.4 Å². The maximum atomic E-state index is 13.3. The third kappa shape index (κ3) is 4.53. The van der Waals surface area contributed by atoms with E-state index in [1.54, 1.807) is 56.3 Å². The molecule has 1 aliphatic rings. The molecule has 5 rings (SSSR count). The van der Waals surface area contributed by atoms with E-state index in [9.17, 15) is 13.5 Å². The lowest BCUT2D eigenvalue weighted by atomic mass is 9.86. The highest BCUT2D eigenvalue weighted by Crippen LogP contribution is 2.42. The summed E-state index contributed by atoms with van der Waals surface area (Å²) in [5, 5.41) is 15.2. The Bertz CT molecular complexity index is 1480. The number of aryl methyl sites for hydroxylation is 1. The lowest BCUT2D eigenvalue weighted by Gasteiger charge is -2.42. The fraction of sp³-hybridized carbons (Fsp3) is 0.259. The van der Waals surface area contributed by atoms with Gasteiger partial charge in [0.1, 0.15) is 17.5 Å². The number of benzene rings is 3. The van der Waals surface area contributed by atoms with E-state index >= 15 is 0 Å². The molecular formula is C27H27N3O5S. The Labute approximate surface area is 210 Å². The molecule has 36 heavy (non-hydrogen) atoms. The third-order valence-corrected chi connectivity index (χ3v) is 7.83. The van der Waals surface area contributed by atoms with E-state index in [0.717, 1.165) is 17.5 Å². The fourth-order valence-corrected chi connectivity index (χ4v) is 5.47. The Morgan fingerprint density at radius 3 is 2.42 bits per heavy atom. The van der Waals surface area contributed by atoms with Gasteiger partial charge in [-0.2, -0.15) is 4.98 Å². The zero-order valence-corrected chi connectivity index (χ0v) is 21.0. The van der Waals surface area contributed by atoms with E-state index < -0.39 is 27.8 Å². The van der Waals surface area contributed by atoms with Crippen LogP contribution in [-0.4, -0.2) is 35.4 Å². The Balaban J connectivity index is 1.52. The first kappa shape index (κ1) is 24.2. The smallest absolute Gasteiger partial charge is 0.258 e. The number of hydrogen-bond acceptors (Lipinski definition) is 7. The third-order valence-electron chi connectivity index (χ3n) is 6.37. The molecule has 0 fully saturated rings. The molecule has 0 bridgehead atoms. The number of aromatic nitrogens is 2. The van der Waals surface area contributed by atoms with E-state index in [1.165, 1.54) is 0 Å². The van der Waals surface area contributed by atoms with Crippen molar-refractivity contribution in [3.8, 4) is 28.6 Å². The van der Waals surface area contributed by atoms with Crippen LogP contribution in [0.5, 0.6) is 5.75 Å². The SMILES string of the molecule is CCc1ccc(S(=O)(=O)N[C@@H]2c3cc(-c4nc(-c5ccccc5)no4)ccc3OC(C)(C)[C@@H]2O)cc1. The molecular weight excluding hydrogens is 478 g/mol. The Morgan fingerprint density at radius 2 is 1.72 bits per heavy atom. The second-order valence-electron chi connectivity index (χ2n) is 9.29. The van der Waals surface area contributed by atoms with Crippen LogP contribution in [0.15, 0.2) is 82.2 Å². The van der Waals surface area contributed by atoms with Crippen LogP contribution in [0, 0.1) is 0 Å². The molecule has 2 heterocycles. The number of hydrogen-bond donors (Lipinski definition) is 2. The summed E-state index contributed by atoms with van der Waals surface area (Å²) in [6.45, 7) is 5.44. The largest absolute Gasteiger partial charge is 0.485 e. The van der Waals surface area contributed by atoms with Gasteiger partial charge in [-0.3, -0.25) is 0 Å². The van der Waals surface area contributed by atoms with Gasteiger partial charge in [0.2, 0.25) is 15.8 Å². The summed E-state index contributed by atoms with van der Waals surface area (Å²) >= 11 is 0. The van der Waals surface area contributed by atoms with Crippen molar-refractivity contribution in [2.75, 3.05) is 0 Å². The number of rotatable bonds is 6. The topological polar surface area (TPSA) is 115 Å². The molecule has 0 aliphatic carbocycles. The number of nitrogens with one attached hydrogen (secondary N) is 1. The fourth-order valence-electron chi connectivity index (χ4n) is 4.25. The summed E-state index contributed by atoms with van der Waals surface area (Å²) in [4.78, 5) is 4.61. The van der Waals surface area contributed by atoms with Crippen LogP contribution >= 0.6 is 0 Å². The quantitative estimate of drug-likeness (QED) is 0.396. The predicted octanol–water partition coefficient (Wildman–Crippen LogP) is 4.52. The second-order valence-corrected chi connectivity index (χ2v) is 11.0. The normalized spacial score (nSPS) is 18.9. The van der Waals surface area contributed by atoms with Crippen molar-refractivity contribution < 1.29 is 22.8 Å². The maximum absolute atomic E-state index is 13.3. The first-order valence-electron chi connectivity index (χ1n) is 11.7. The van der Waals surface area contributed by atoms with Gasteiger partial charge in [-0.05, 0) is 56.2 Å². The standard InChI is InChI=1S/C27H27N3O5S/c1-4-17-10-13-20(14-11-17)36(32,33)30-23-21-16-19(12-15-22(21)34-27(2,3)24(23)31)26-28-25(29-35-26)18-8-6-5-7-9-18/h5-16,23-24,30-31H,4H2,1-3H3/t23-,24-/m1/s1. The minimum absolute atomic E-state index is 0.123. The van der Waals surface area contributed by atoms with Gasteiger partial charge in [-0.1, -0.05) is 54.5 Å². The molecule has 4 aromatic rings. The molecule has 186 valence electrons. The van der Waals surface area contributed by atoms with Crippen LogP contribution in [0.4, 0.5) is 0 Å². The van der Waals surface area contributed by atoms with Crippen molar-refractivity contribution in [2.24, 2.45) is 0 Å². The number of ether oxygens (including phenoxy) is 1. The molecule has 0 saturated heterocycles. The van der Waals surface area contributed by atoms with Crippen molar-refractivity contribution >= 4 is 10.0 Å². The van der Waals surface area contributed by atoms with Crippen molar-refractivity contribution in [3.63, 3.8) is 0 Å². The van der Waals surface area contributed by atoms with E-state index in [1.807, 2.05) is 37.3 Å². The molecule has 1 aromatic heterocycles. The zero-order valence-electron chi connectivity index (χ0n) is 20.2. The number of nitrogens with zero attached hydrogens (tertiary/aromatic N) is 2. The summed E-state index contributed by atoms with van der Waals surface area (Å²) in [5.41, 5.74) is 1.87. The molecule has 0 radical (unpaired) electrons. The van der Waals surface area contributed by atoms with Gasteiger partial charge in [-0.15, -0.1) is 0 Å². The van der Waals surface area contributed by atoms with Gasteiger partial charge in [-0.25, -0.2) is 13.1 Å². The Kier molecular flexibility index (Phi) is 6.15. The predicted molar refractivity (Wildman–Crippen MR) is 135 cm³/mol. The summed E-state index contributed by atoms with van der Waals surface area (Å²) < 4.78 is 40.8. The summed E-state index contributed by atoms with van der Waals surface area (Å²) in [5.74, 6) is 1.17. The van der Waals surface area contributed by atoms with Crippen LogP contribution in [0.3, 0.4) is 0 Å². The Hall–Kier alpha value is -3.53. The number of fused-ring (bicyclic) bond motifs is 1. The zero-order chi connectivity index (χ0) is 25.5. The average Bonchev–Trinajstić information content (AvgIpc) is 3.37. The van der Waals surface area contributed by atoms with Gasteiger partial charge in [0.15, 0.2) is 0 Å². The molecule has 9 heteroatoms. The Morgan fingerprint density at radius 1 is 1.00 bits per heavy atom. The van der Waals surface area contributed by atoms with E-state index in [0.29, 0.717) is 22.7 Å². The van der Waals surface area contributed by atoms with Crippen molar-refractivity contribution in [1.29, 1.82) is 0 Å². The van der Waals surface area contributed by atoms with Crippen LogP contribution in [0.2, 0.25) is 0 Å². The number of aliphatic hydroxyl groups is 1. The highest BCUT2D eigenvalue weighted by atomic mass is 32.2. The summed E-state index contributed by atoms with van der Waals surface area (Å²) in [6, 6.07) is 20.4. The van der Waals surface area contributed by atoms with Gasteiger partial charge in [0.25, 0.3) is 5.89 Å². The molecule has 1 aliphatic heterocycles. The molecule has 0 amide bonds. The average molecular weight is 506 g/mol. The molecule has 2 atom stereocenters. The summed E-state index contributed by atoms with van der Waals surface area (Å²) in [7, 11) is -3.94. The maximum Gasteiger partial charge on any atom is 0.258 e. The lowest BCUT2D eigenvalue weighted by Crippen LogP contribution is -2.53. The highest BCUT2D eigenvalue weighted by Gasteiger charge is 2.44. The van der Waals surface area contributed by atoms with Crippen LogP contribution in [0.25, 0.3) is 22.8 Å². The van der Waals surface area contributed by atoms with E-state index in [2.05, 4.69) is 14.9 Å². The second kappa shape index (κ2) is 9.16. The minimum atomic E-state index is -3.94. The molecule has 2 N–H and O–H groups in total. The van der Waals surface area contributed by atoms with E-state index in [-0.39, 0.29) is 10.8 Å². The molecule has 0 spiro atoms. The van der Waals surface area contributed by atoms with Gasteiger partial charge in [0, 0.05) is 16.7 Å². The number of aliphatic hydroxyl groups excluding tert-OH is 1. The molecule has 0 saturated carbocycles. The van der Waals surface area contributed by atoms with Crippen molar-refractivity contribution in [3.05, 3.63) is 83.9 Å². The first-order valence-corrected chi connectivity index (χ1v) is 13.2. The molecule has 8 nitrogen and oxygen atoms in total. The minimum Gasteiger partial charge on any atom is -0.485 e. The van der Waals surface area contributed by atoms with Crippen LogP contribution in [0.1, 0.15) is 37.9 Å². The van der Waals surface area contributed by atoms with Crippen molar-refractivity contribution in [1.82, 2.24) is 14.9 Å². The number of sulfonamides is 1. The molecule has 0 unspecified atom stereocenters. The summed E-state index contributed by atoms with van der Waals surface area (Å²) in [6.07, 6.45) is -0.356. The van der Waals surface area contributed by atoms with Gasteiger partial charge >= 0.3 is 0 Å².